The summed E-state index contributed by atoms with van der Waals surface area (Å²) in [7, 11) is 4.10. The molecule has 5 nitrogen and oxygen atoms in total. The van der Waals surface area contributed by atoms with Gasteiger partial charge in [-0.1, -0.05) is 26.7 Å². The highest BCUT2D eigenvalue weighted by atomic mass is 16.5. The Labute approximate surface area is 159 Å². The maximum Gasteiger partial charge on any atom is 0.256 e. The SMILES string of the molecule is CCCC[C@@](C)(OCCC)C(=O)Nc1ccc(OCCCN(C)C)cc1. The van der Waals surface area contributed by atoms with Gasteiger partial charge in [0.15, 0.2) is 0 Å². The van der Waals surface area contributed by atoms with Crippen molar-refractivity contribution in [3.05, 3.63) is 24.3 Å². The standard InChI is InChI=1S/C21H36N2O3/c1-6-8-14-21(3,26-16-7-2)20(24)22-18-10-12-19(13-11-18)25-17-9-15-23(4)5/h10-13H,6-9,14-17H2,1-5H3,(H,22,24)/t21-/m1/s1. The zero-order valence-electron chi connectivity index (χ0n) is 17.1. The van der Waals surface area contributed by atoms with E-state index in [4.69, 9.17) is 9.47 Å². The molecule has 26 heavy (non-hydrogen) atoms. The number of nitrogens with one attached hydrogen (secondary N) is 1. The average Bonchev–Trinajstić information content (AvgIpc) is 2.63. The summed E-state index contributed by atoms with van der Waals surface area (Å²) < 4.78 is 11.6. The Bertz CT molecular complexity index is 506. The minimum absolute atomic E-state index is 0.0842. The van der Waals surface area contributed by atoms with Crippen molar-refractivity contribution in [3.8, 4) is 5.75 Å². The molecule has 0 fully saturated rings. The molecule has 0 aliphatic rings. The fraction of sp³-hybridized carbons (Fsp3) is 0.667. The third-order valence-corrected chi connectivity index (χ3v) is 4.24. The Balaban J connectivity index is 2.58. The molecule has 1 aromatic rings. The van der Waals surface area contributed by atoms with Crippen LogP contribution in [0.5, 0.6) is 5.75 Å². The molecular formula is C21H36N2O3. The predicted octanol–water partition coefficient (Wildman–Crippen LogP) is 4.33. The van der Waals surface area contributed by atoms with Crippen LogP contribution in [0.15, 0.2) is 24.3 Å². The molecule has 1 amide bonds. The Morgan fingerprint density at radius 1 is 1.08 bits per heavy atom. The van der Waals surface area contributed by atoms with Crippen LogP contribution in [0.2, 0.25) is 0 Å². The van der Waals surface area contributed by atoms with Crippen molar-refractivity contribution in [1.82, 2.24) is 4.90 Å². The number of ether oxygens (including phenoxy) is 2. The molecule has 0 aromatic heterocycles. The van der Waals surface area contributed by atoms with Crippen molar-refractivity contribution < 1.29 is 14.3 Å². The van der Waals surface area contributed by atoms with Crippen molar-refractivity contribution in [2.75, 3.05) is 39.2 Å². The first kappa shape index (κ1) is 22.5. The molecule has 0 heterocycles. The summed E-state index contributed by atoms with van der Waals surface area (Å²) in [6.45, 7) is 8.33. The molecule has 0 aliphatic carbocycles. The molecule has 0 spiro atoms. The van der Waals surface area contributed by atoms with E-state index in [9.17, 15) is 4.79 Å². The summed E-state index contributed by atoms with van der Waals surface area (Å²) in [6, 6.07) is 7.53. The zero-order valence-corrected chi connectivity index (χ0v) is 17.1. The first-order valence-corrected chi connectivity index (χ1v) is 9.74. The van der Waals surface area contributed by atoms with Gasteiger partial charge in [-0.15, -0.1) is 0 Å². The van der Waals surface area contributed by atoms with E-state index < -0.39 is 5.60 Å². The maximum absolute atomic E-state index is 12.7. The molecule has 1 aromatic carbocycles. The second-order valence-electron chi connectivity index (χ2n) is 7.17. The molecule has 1 atom stereocenters. The van der Waals surface area contributed by atoms with E-state index in [2.05, 4.69) is 38.2 Å². The number of carbonyl (C=O) groups excluding carboxylic acids is 1. The van der Waals surface area contributed by atoms with Gasteiger partial charge in [0.2, 0.25) is 0 Å². The van der Waals surface area contributed by atoms with Gasteiger partial charge in [-0.25, -0.2) is 0 Å². The van der Waals surface area contributed by atoms with E-state index in [1.807, 2.05) is 31.2 Å². The van der Waals surface area contributed by atoms with Crippen molar-refractivity contribution >= 4 is 11.6 Å². The summed E-state index contributed by atoms with van der Waals surface area (Å²) in [5.74, 6) is 0.733. The highest BCUT2D eigenvalue weighted by Gasteiger charge is 2.33. The van der Waals surface area contributed by atoms with Crippen LogP contribution < -0.4 is 10.1 Å². The van der Waals surface area contributed by atoms with Crippen molar-refractivity contribution in [3.63, 3.8) is 0 Å². The van der Waals surface area contributed by atoms with E-state index in [0.717, 1.165) is 50.1 Å². The number of carbonyl (C=O) groups is 1. The van der Waals surface area contributed by atoms with E-state index >= 15 is 0 Å². The Morgan fingerprint density at radius 3 is 2.35 bits per heavy atom. The normalized spacial score (nSPS) is 13.5. The van der Waals surface area contributed by atoms with Gasteiger partial charge in [-0.3, -0.25) is 4.79 Å². The molecule has 0 bridgehead atoms. The molecule has 1 rings (SSSR count). The average molecular weight is 365 g/mol. The number of benzene rings is 1. The van der Waals surface area contributed by atoms with Crippen LogP contribution in [-0.4, -0.2) is 50.3 Å². The van der Waals surface area contributed by atoms with E-state index in [-0.39, 0.29) is 5.91 Å². The number of hydrogen-bond acceptors (Lipinski definition) is 4. The number of nitrogens with zero attached hydrogens (tertiary/aromatic N) is 1. The lowest BCUT2D eigenvalue weighted by Gasteiger charge is -2.28. The van der Waals surface area contributed by atoms with Crippen molar-refractivity contribution in [2.45, 2.75) is 58.5 Å². The van der Waals surface area contributed by atoms with Crippen LogP contribution >= 0.6 is 0 Å². The van der Waals surface area contributed by atoms with Crippen molar-refractivity contribution in [1.29, 1.82) is 0 Å². The first-order chi connectivity index (χ1) is 12.4. The fourth-order valence-electron chi connectivity index (χ4n) is 2.56. The topological polar surface area (TPSA) is 50.8 Å². The summed E-state index contributed by atoms with van der Waals surface area (Å²) in [6.07, 6.45) is 4.61. The number of anilines is 1. The lowest BCUT2D eigenvalue weighted by Crippen LogP contribution is -2.43. The highest BCUT2D eigenvalue weighted by molar-refractivity contribution is 5.97. The molecule has 1 N–H and O–H groups in total. The molecule has 0 saturated heterocycles. The maximum atomic E-state index is 12.7. The molecule has 5 heteroatoms. The Hall–Kier alpha value is -1.59. The van der Waals surface area contributed by atoms with Gasteiger partial charge in [0.25, 0.3) is 5.91 Å². The van der Waals surface area contributed by atoms with Crippen LogP contribution in [0.25, 0.3) is 0 Å². The van der Waals surface area contributed by atoms with Gasteiger partial charge in [-0.05, 0) is 64.5 Å². The van der Waals surface area contributed by atoms with Crippen molar-refractivity contribution in [2.24, 2.45) is 0 Å². The number of unbranched alkanes of at least 4 members (excludes halogenated alkanes) is 1. The highest BCUT2D eigenvalue weighted by Crippen LogP contribution is 2.23. The minimum Gasteiger partial charge on any atom is -0.494 e. The second kappa shape index (κ2) is 11.9. The van der Waals surface area contributed by atoms with E-state index in [1.165, 1.54) is 0 Å². The second-order valence-corrected chi connectivity index (χ2v) is 7.17. The number of amides is 1. The van der Waals surface area contributed by atoms with Crippen LogP contribution in [0.4, 0.5) is 5.69 Å². The lowest BCUT2D eigenvalue weighted by atomic mass is 9.97. The first-order valence-electron chi connectivity index (χ1n) is 9.74. The van der Waals surface area contributed by atoms with Crippen LogP contribution in [0, 0.1) is 0 Å². The lowest BCUT2D eigenvalue weighted by molar-refractivity contribution is -0.140. The van der Waals surface area contributed by atoms with Crippen LogP contribution in [-0.2, 0) is 9.53 Å². The molecule has 0 aliphatic heterocycles. The fourth-order valence-corrected chi connectivity index (χ4v) is 2.56. The van der Waals surface area contributed by atoms with Crippen LogP contribution in [0.3, 0.4) is 0 Å². The third-order valence-electron chi connectivity index (χ3n) is 4.24. The van der Waals surface area contributed by atoms with Gasteiger partial charge in [0, 0.05) is 18.8 Å². The largest absolute Gasteiger partial charge is 0.494 e. The van der Waals surface area contributed by atoms with Gasteiger partial charge in [-0.2, -0.15) is 0 Å². The summed E-state index contributed by atoms with van der Waals surface area (Å²) >= 11 is 0. The van der Waals surface area contributed by atoms with Gasteiger partial charge in [0.1, 0.15) is 11.4 Å². The van der Waals surface area contributed by atoms with Gasteiger partial charge >= 0.3 is 0 Å². The zero-order chi connectivity index (χ0) is 19.4. The Kier molecular flexibility index (Phi) is 10.3. The quantitative estimate of drug-likeness (QED) is 0.529. The molecule has 0 unspecified atom stereocenters. The summed E-state index contributed by atoms with van der Waals surface area (Å²) in [4.78, 5) is 14.9. The van der Waals surface area contributed by atoms with Crippen LogP contribution in [0.1, 0.15) is 52.9 Å². The third kappa shape index (κ3) is 8.19. The number of hydrogen-bond donors (Lipinski definition) is 1. The van der Waals surface area contributed by atoms with E-state index in [0.29, 0.717) is 13.2 Å². The molecule has 0 saturated carbocycles. The number of rotatable bonds is 13. The Morgan fingerprint density at radius 2 is 1.77 bits per heavy atom. The molecule has 148 valence electrons. The molecular weight excluding hydrogens is 328 g/mol. The minimum atomic E-state index is -0.784. The van der Waals surface area contributed by atoms with E-state index in [1.54, 1.807) is 0 Å². The molecule has 0 radical (unpaired) electrons. The smallest absolute Gasteiger partial charge is 0.256 e. The van der Waals surface area contributed by atoms with Gasteiger partial charge < -0.3 is 19.7 Å². The van der Waals surface area contributed by atoms with Gasteiger partial charge in [0.05, 0.1) is 6.61 Å². The predicted molar refractivity (Wildman–Crippen MR) is 108 cm³/mol. The monoisotopic (exact) mass is 364 g/mol. The summed E-state index contributed by atoms with van der Waals surface area (Å²) in [5.41, 5.74) is -0.0219. The summed E-state index contributed by atoms with van der Waals surface area (Å²) in [5, 5.41) is 2.98.